The molecule has 0 aromatic heterocycles. The van der Waals surface area contributed by atoms with Gasteiger partial charge in [0.2, 0.25) is 10.0 Å². The van der Waals surface area contributed by atoms with E-state index in [1.54, 1.807) is 16.4 Å². The highest BCUT2D eigenvalue weighted by Crippen LogP contribution is 2.18. The normalized spacial score (nSPS) is 20.4. The third kappa shape index (κ3) is 6.59. The number of benzene rings is 1. The minimum Gasteiger partial charge on any atom is -0.316 e. The zero-order valence-electron chi connectivity index (χ0n) is 14.4. The smallest absolute Gasteiger partial charge is 0.243 e. The van der Waals surface area contributed by atoms with Crippen molar-refractivity contribution in [1.82, 2.24) is 9.62 Å². The lowest BCUT2D eigenvalue weighted by atomic mass is 10.2. The van der Waals surface area contributed by atoms with Gasteiger partial charge < -0.3 is 5.32 Å². The molecule has 1 aliphatic heterocycles. The monoisotopic (exact) mass is 388 g/mol. The van der Waals surface area contributed by atoms with Crippen molar-refractivity contribution in [1.29, 1.82) is 0 Å². The minimum atomic E-state index is -3.40. The Morgan fingerprint density at radius 3 is 2.38 bits per heavy atom. The molecular formula is C17H28N2O2S3. The highest BCUT2D eigenvalue weighted by atomic mass is 32.2. The van der Waals surface area contributed by atoms with E-state index in [1.807, 2.05) is 42.6 Å². The van der Waals surface area contributed by atoms with Gasteiger partial charge in [-0.25, -0.2) is 8.42 Å². The van der Waals surface area contributed by atoms with Gasteiger partial charge in [0.15, 0.2) is 0 Å². The van der Waals surface area contributed by atoms with Gasteiger partial charge in [-0.2, -0.15) is 27.8 Å². The fraction of sp³-hybridized carbons (Fsp3) is 0.647. The average Bonchev–Trinajstić information content (AvgIpc) is 2.57. The fourth-order valence-electron chi connectivity index (χ4n) is 2.49. The summed E-state index contributed by atoms with van der Waals surface area (Å²) in [6.07, 6.45) is 2.04. The van der Waals surface area contributed by atoms with Crippen LogP contribution in [0.1, 0.15) is 18.4 Å². The Morgan fingerprint density at radius 1 is 0.917 bits per heavy atom. The molecule has 1 fully saturated rings. The third-order valence-corrected chi connectivity index (χ3v) is 7.94. The Hall–Kier alpha value is -0.210. The molecule has 0 atom stereocenters. The number of sulfonamides is 1. The van der Waals surface area contributed by atoms with E-state index in [0.29, 0.717) is 18.0 Å². The van der Waals surface area contributed by atoms with Crippen molar-refractivity contribution in [2.45, 2.75) is 24.7 Å². The molecule has 7 heteroatoms. The second-order valence-corrected chi connectivity index (χ2v) is 10.3. The molecule has 136 valence electrons. The molecule has 0 unspecified atom stereocenters. The van der Waals surface area contributed by atoms with E-state index < -0.39 is 10.0 Å². The summed E-state index contributed by atoms with van der Waals surface area (Å²) < 4.78 is 27.5. The summed E-state index contributed by atoms with van der Waals surface area (Å²) in [4.78, 5) is 0.406. The maximum Gasteiger partial charge on any atom is 0.243 e. The van der Waals surface area contributed by atoms with E-state index in [-0.39, 0.29) is 0 Å². The zero-order chi connectivity index (χ0) is 17.3. The fourth-order valence-corrected chi connectivity index (χ4v) is 6.02. The molecule has 1 saturated heterocycles. The molecule has 2 rings (SSSR count). The molecule has 1 N–H and O–H groups in total. The quantitative estimate of drug-likeness (QED) is 0.844. The lowest BCUT2D eigenvalue weighted by molar-refractivity contribution is 0.419. The van der Waals surface area contributed by atoms with E-state index in [1.165, 1.54) is 12.2 Å². The minimum absolute atomic E-state index is 0.406. The Bertz CT molecular complexity index is 562. The number of nitrogens with zero attached hydrogens (tertiary/aromatic N) is 1. The number of hydrogen-bond donors (Lipinski definition) is 1. The van der Waals surface area contributed by atoms with Crippen LogP contribution in [-0.4, -0.2) is 61.9 Å². The molecule has 1 aromatic rings. The Morgan fingerprint density at radius 2 is 1.62 bits per heavy atom. The molecule has 0 aliphatic carbocycles. The van der Waals surface area contributed by atoms with Crippen LogP contribution in [0, 0.1) is 6.92 Å². The number of hydrogen-bond acceptors (Lipinski definition) is 5. The highest BCUT2D eigenvalue weighted by molar-refractivity contribution is 8.00. The topological polar surface area (TPSA) is 49.4 Å². The van der Waals surface area contributed by atoms with Crippen LogP contribution in [0.3, 0.4) is 0 Å². The maximum absolute atomic E-state index is 12.9. The SMILES string of the molecule is Cc1ccc(S(=O)(=O)N2CCCNCCSCCCSCC2)cc1. The van der Waals surface area contributed by atoms with Crippen molar-refractivity contribution >= 4 is 33.5 Å². The summed E-state index contributed by atoms with van der Waals surface area (Å²) in [6, 6.07) is 7.17. The van der Waals surface area contributed by atoms with Crippen LogP contribution in [0.2, 0.25) is 0 Å². The van der Waals surface area contributed by atoms with Crippen molar-refractivity contribution in [2.24, 2.45) is 0 Å². The molecule has 0 amide bonds. The molecule has 1 aliphatic rings. The Labute approximate surface area is 155 Å². The maximum atomic E-state index is 12.9. The molecule has 0 saturated carbocycles. The van der Waals surface area contributed by atoms with E-state index in [0.717, 1.165) is 42.3 Å². The largest absolute Gasteiger partial charge is 0.316 e. The summed E-state index contributed by atoms with van der Waals surface area (Å²) in [5, 5.41) is 3.41. The van der Waals surface area contributed by atoms with Crippen molar-refractivity contribution in [3.63, 3.8) is 0 Å². The van der Waals surface area contributed by atoms with Crippen molar-refractivity contribution < 1.29 is 8.42 Å². The average molecular weight is 389 g/mol. The summed E-state index contributed by atoms with van der Waals surface area (Å²) in [7, 11) is -3.40. The zero-order valence-corrected chi connectivity index (χ0v) is 16.8. The number of thioether (sulfide) groups is 2. The second kappa shape index (κ2) is 10.7. The number of aryl methyl sites for hydroxylation is 1. The van der Waals surface area contributed by atoms with E-state index in [4.69, 9.17) is 0 Å². The van der Waals surface area contributed by atoms with Gasteiger partial charge in [0, 0.05) is 31.1 Å². The highest BCUT2D eigenvalue weighted by Gasteiger charge is 2.23. The van der Waals surface area contributed by atoms with E-state index in [9.17, 15) is 8.42 Å². The standard InChI is InChI=1S/C17H28N2O2S3/c1-16-4-6-17(7-5-16)24(20,21)19-10-2-8-18-9-14-22-12-3-13-23-15-11-19/h4-7,18H,2-3,8-15H2,1H3. The van der Waals surface area contributed by atoms with Crippen LogP contribution in [0.4, 0.5) is 0 Å². The molecular weight excluding hydrogens is 360 g/mol. The van der Waals surface area contributed by atoms with Crippen LogP contribution in [-0.2, 0) is 10.0 Å². The van der Waals surface area contributed by atoms with E-state index in [2.05, 4.69) is 5.32 Å². The summed E-state index contributed by atoms with van der Waals surface area (Å²) in [6.45, 7) is 5.01. The molecule has 0 radical (unpaired) electrons. The van der Waals surface area contributed by atoms with Gasteiger partial charge >= 0.3 is 0 Å². The number of rotatable bonds is 2. The predicted molar refractivity (Wildman–Crippen MR) is 107 cm³/mol. The predicted octanol–water partition coefficient (Wildman–Crippen LogP) is 2.84. The summed E-state index contributed by atoms with van der Waals surface area (Å²) in [5.74, 6) is 4.30. The Balaban J connectivity index is 2.03. The second-order valence-electron chi connectivity index (χ2n) is 5.90. The molecule has 4 nitrogen and oxygen atoms in total. The van der Waals surface area contributed by atoms with Crippen molar-refractivity contribution in [3.05, 3.63) is 29.8 Å². The Kier molecular flexibility index (Phi) is 8.97. The molecule has 0 bridgehead atoms. The first-order chi connectivity index (χ1) is 11.6. The lowest BCUT2D eigenvalue weighted by Gasteiger charge is -2.22. The van der Waals surface area contributed by atoms with Gasteiger partial charge in [0.1, 0.15) is 0 Å². The van der Waals surface area contributed by atoms with Crippen LogP contribution in [0.5, 0.6) is 0 Å². The van der Waals surface area contributed by atoms with E-state index >= 15 is 0 Å². The number of nitrogens with one attached hydrogen (secondary N) is 1. The molecule has 1 aromatic carbocycles. The lowest BCUT2D eigenvalue weighted by Crippen LogP contribution is -2.35. The summed E-state index contributed by atoms with van der Waals surface area (Å²) in [5.41, 5.74) is 1.08. The first kappa shape index (κ1) is 20.1. The third-order valence-electron chi connectivity index (χ3n) is 3.91. The first-order valence-electron chi connectivity index (χ1n) is 8.54. The van der Waals surface area contributed by atoms with Gasteiger partial charge in [0.25, 0.3) is 0 Å². The van der Waals surface area contributed by atoms with Crippen LogP contribution in [0.15, 0.2) is 29.2 Å². The molecule has 0 spiro atoms. The van der Waals surface area contributed by atoms with Gasteiger partial charge in [-0.05, 0) is 49.9 Å². The van der Waals surface area contributed by atoms with Crippen molar-refractivity contribution in [3.8, 4) is 0 Å². The van der Waals surface area contributed by atoms with Crippen molar-refractivity contribution in [2.75, 3.05) is 49.2 Å². The van der Waals surface area contributed by atoms with Crippen LogP contribution in [0.25, 0.3) is 0 Å². The first-order valence-corrected chi connectivity index (χ1v) is 12.3. The van der Waals surface area contributed by atoms with Crippen LogP contribution < -0.4 is 5.32 Å². The molecule has 1 heterocycles. The van der Waals surface area contributed by atoms with Gasteiger partial charge in [-0.15, -0.1) is 0 Å². The van der Waals surface area contributed by atoms with Crippen LogP contribution >= 0.6 is 23.5 Å². The van der Waals surface area contributed by atoms with Gasteiger partial charge in [-0.3, -0.25) is 0 Å². The van der Waals surface area contributed by atoms with Gasteiger partial charge in [0.05, 0.1) is 4.90 Å². The molecule has 24 heavy (non-hydrogen) atoms. The van der Waals surface area contributed by atoms with Gasteiger partial charge in [-0.1, -0.05) is 17.7 Å². The summed E-state index contributed by atoms with van der Waals surface area (Å²) >= 11 is 3.86.